The van der Waals surface area contributed by atoms with Crippen LogP contribution in [0.25, 0.3) is 11.4 Å². The van der Waals surface area contributed by atoms with Crippen molar-refractivity contribution < 1.29 is 0 Å². The summed E-state index contributed by atoms with van der Waals surface area (Å²) in [5.41, 5.74) is 7.68. The van der Waals surface area contributed by atoms with Crippen molar-refractivity contribution >= 4 is 34.2 Å². The van der Waals surface area contributed by atoms with Gasteiger partial charge in [0.15, 0.2) is 5.82 Å². The van der Waals surface area contributed by atoms with Crippen molar-refractivity contribution in [2.75, 3.05) is 17.6 Å². The van der Waals surface area contributed by atoms with Crippen molar-refractivity contribution in [1.29, 1.82) is 0 Å². The third-order valence-electron chi connectivity index (χ3n) is 2.66. The number of nitrogen functional groups attached to an aromatic ring is 1. The smallest absolute Gasteiger partial charge is 0.224 e. The lowest BCUT2D eigenvalue weighted by Crippen LogP contribution is -2.07. The van der Waals surface area contributed by atoms with Crippen LogP contribution in [0.15, 0.2) is 18.2 Å². The Bertz CT molecular complexity index is 549. The molecule has 1 aromatic carbocycles. The summed E-state index contributed by atoms with van der Waals surface area (Å²) in [7, 11) is 0. The maximum absolute atomic E-state index is 6.02. The monoisotopic (exact) mass is 357 g/mol. The Kier molecular flexibility index (Phi) is 4.05. The average Bonchev–Trinajstić information content (AvgIpc) is 2.75. The second kappa shape index (κ2) is 5.55. The van der Waals surface area contributed by atoms with E-state index in [9.17, 15) is 0 Å². The van der Waals surface area contributed by atoms with Gasteiger partial charge in [0.25, 0.3) is 0 Å². The minimum Gasteiger partial charge on any atom is -0.398 e. The number of anilines is 2. The molecule has 1 aromatic heterocycles. The third-order valence-corrected chi connectivity index (χ3v) is 3.33. The molecule has 0 aliphatic heterocycles. The highest BCUT2D eigenvalue weighted by Crippen LogP contribution is 2.27. The second-order valence-corrected chi connectivity index (χ2v) is 5.10. The van der Waals surface area contributed by atoms with Gasteiger partial charge in [-0.2, -0.15) is 0 Å². The van der Waals surface area contributed by atoms with E-state index in [0.717, 1.165) is 39.7 Å². The summed E-state index contributed by atoms with van der Waals surface area (Å²) in [6, 6.07) is 5.91. The molecule has 5 nitrogen and oxygen atoms in total. The number of benzene rings is 1. The van der Waals surface area contributed by atoms with Crippen LogP contribution in [0.5, 0.6) is 0 Å². The summed E-state index contributed by atoms with van der Waals surface area (Å²) in [4.78, 5) is 0. The number of nitrogens with zero attached hydrogens (tertiary/aromatic N) is 3. The number of halogens is 1. The fourth-order valence-corrected chi connectivity index (χ4v) is 2.30. The van der Waals surface area contributed by atoms with E-state index in [1.807, 2.05) is 29.7 Å². The number of aromatic nitrogens is 3. The maximum atomic E-state index is 6.02. The van der Waals surface area contributed by atoms with Gasteiger partial charge in [0.2, 0.25) is 5.95 Å². The minimum absolute atomic E-state index is 0.723. The van der Waals surface area contributed by atoms with Crippen LogP contribution in [0.4, 0.5) is 11.6 Å². The lowest BCUT2D eigenvalue weighted by molar-refractivity contribution is 0.770. The lowest BCUT2D eigenvalue weighted by atomic mass is 10.1. The Morgan fingerprint density at radius 2 is 2.11 bits per heavy atom. The molecular formula is C12H16IN5. The Morgan fingerprint density at radius 3 is 2.78 bits per heavy atom. The summed E-state index contributed by atoms with van der Waals surface area (Å²) in [5, 5.41) is 11.6. The zero-order valence-corrected chi connectivity index (χ0v) is 12.6. The Morgan fingerprint density at radius 1 is 1.33 bits per heavy atom. The van der Waals surface area contributed by atoms with Gasteiger partial charge in [-0.05, 0) is 54.6 Å². The first-order valence-corrected chi connectivity index (χ1v) is 6.97. The van der Waals surface area contributed by atoms with Gasteiger partial charge >= 0.3 is 0 Å². The third kappa shape index (κ3) is 2.43. The molecule has 0 aliphatic carbocycles. The number of nitrogens with one attached hydrogen (secondary N) is 1. The molecule has 0 saturated carbocycles. The fraction of sp³-hybridized carbons (Fsp3) is 0.333. The average molecular weight is 357 g/mol. The zero-order valence-electron chi connectivity index (χ0n) is 10.4. The van der Waals surface area contributed by atoms with E-state index in [-0.39, 0.29) is 0 Å². The van der Waals surface area contributed by atoms with E-state index in [0.29, 0.717) is 0 Å². The highest BCUT2D eigenvalue weighted by atomic mass is 127. The van der Waals surface area contributed by atoms with Crippen molar-refractivity contribution in [1.82, 2.24) is 14.8 Å². The summed E-state index contributed by atoms with van der Waals surface area (Å²) in [5.74, 6) is 1.60. The molecule has 6 heteroatoms. The number of nitrogens with two attached hydrogens (primary N) is 1. The molecule has 3 N–H and O–H groups in total. The Hall–Kier alpha value is -1.31. The predicted octanol–water partition coefficient (Wildman–Crippen LogP) is 2.58. The van der Waals surface area contributed by atoms with E-state index in [1.165, 1.54) is 0 Å². The molecule has 0 fully saturated rings. The van der Waals surface area contributed by atoms with Gasteiger partial charge in [-0.25, -0.2) is 0 Å². The normalized spacial score (nSPS) is 10.6. The van der Waals surface area contributed by atoms with Crippen LogP contribution in [0.2, 0.25) is 0 Å². The van der Waals surface area contributed by atoms with Crippen LogP contribution >= 0.6 is 22.6 Å². The van der Waals surface area contributed by atoms with Gasteiger partial charge in [-0.15, -0.1) is 10.2 Å². The van der Waals surface area contributed by atoms with Crippen LogP contribution in [0.3, 0.4) is 0 Å². The molecule has 0 saturated heterocycles. The zero-order chi connectivity index (χ0) is 13.1. The molecule has 0 amide bonds. The highest BCUT2D eigenvalue weighted by molar-refractivity contribution is 14.1. The number of hydrogen-bond acceptors (Lipinski definition) is 4. The highest BCUT2D eigenvalue weighted by Gasteiger charge is 2.14. The summed E-state index contributed by atoms with van der Waals surface area (Å²) in [6.07, 6.45) is 0. The number of rotatable bonds is 4. The van der Waals surface area contributed by atoms with Crippen LogP contribution in [0.1, 0.15) is 13.8 Å². The Labute approximate surface area is 120 Å². The molecule has 0 atom stereocenters. The molecule has 0 spiro atoms. The van der Waals surface area contributed by atoms with Crippen LogP contribution in [0, 0.1) is 3.57 Å². The summed E-state index contributed by atoms with van der Waals surface area (Å²) >= 11 is 2.27. The van der Waals surface area contributed by atoms with Crippen molar-refractivity contribution in [2.24, 2.45) is 0 Å². The molecule has 0 unspecified atom stereocenters. The molecule has 0 aliphatic rings. The largest absolute Gasteiger partial charge is 0.398 e. The van der Waals surface area contributed by atoms with E-state index < -0.39 is 0 Å². The fourth-order valence-electron chi connectivity index (χ4n) is 1.81. The molecule has 1 heterocycles. The van der Waals surface area contributed by atoms with Crippen LogP contribution in [-0.2, 0) is 6.54 Å². The molecule has 96 valence electrons. The van der Waals surface area contributed by atoms with E-state index in [1.54, 1.807) is 0 Å². The summed E-state index contributed by atoms with van der Waals surface area (Å²) in [6.45, 7) is 5.72. The molecule has 0 bridgehead atoms. The second-order valence-electron chi connectivity index (χ2n) is 3.85. The van der Waals surface area contributed by atoms with Crippen LogP contribution in [-0.4, -0.2) is 21.3 Å². The molecule has 0 radical (unpaired) electrons. The minimum atomic E-state index is 0.723. The molecule has 18 heavy (non-hydrogen) atoms. The molecule has 2 aromatic rings. The maximum Gasteiger partial charge on any atom is 0.224 e. The van der Waals surface area contributed by atoms with Crippen molar-refractivity contribution in [2.45, 2.75) is 20.4 Å². The first-order chi connectivity index (χ1) is 8.67. The first kappa shape index (κ1) is 13.1. The predicted molar refractivity (Wildman–Crippen MR) is 82.4 cm³/mol. The SMILES string of the molecule is CCNc1nnc(-c2cc(I)ccc2N)n1CC. The van der Waals surface area contributed by atoms with E-state index in [2.05, 4.69) is 45.0 Å². The van der Waals surface area contributed by atoms with Gasteiger partial charge in [0.05, 0.1) is 0 Å². The first-order valence-electron chi connectivity index (χ1n) is 5.89. The van der Waals surface area contributed by atoms with Crippen molar-refractivity contribution in [3.05, 3.63) is 21.8 Å². The number of hydrogen-bond donors (Lipinski definition) is 2. The van der Waals surface area contributed by atoms with E-state index in [4.69, 9.17) is 5.73 Å². The Balaban J connectivity index is 2.53. The van der Waals surface area contributed by atoms with Gasteiger partial charge < -0.3 is 11.1 Å². The standard InChI is InChI=1S/C12H16IN5/c1-3-15-12-17-16-11(18(12)4-2)9-7-8(13)5-6-10(9)14/h5-7H,3-4,14H2,1-2H3,(H,15,17). The summed E-state index contributed by atoms with van der Waals surface area (Å²) < 4.78 is 3.16. The van der Waals surface area contributed by atoms with Gasteiger partial charge in [0, 0.05) is 27.9 Å². The van der Waals surface area contributed by atoms with E-state index >= 15 is 0 Å². The molecule has 2 rings (SSSR count). The van der Waals surface area contributed by atoms with Gasteiger partial charge in [-0.1, -0.05) is 0 Å². The lowest BCUT2D eigenvalue weighted by Gasteiger charge is -2.09. The quantitative estimate of drug-likeness (QED) is 0.652. The van der Waals surface area contributed by atoms with Crippen LogP contribution < -0.4 is 11.1 Å². The molecular weight excluding hydrogens is 341 g/mol. The van der Waals surface area contributed by atoms with Crippen molar-refractivity contribution in [3.8, 4) is 11.4 Å². The van der Waals surface area contributed by atoms with Gasteiger partial charge in [-0.3, -0.25) is 4.57 Å². The topological polar surface area (TPSA) is 68.8 Å². The van der Waals surface area contributed by atoms with Gasteiger partial charge in [0.1, 0.15) is 0 Å². The van der Waals surface area contributed by atoms with Crippen molar-refractivity contribution in [3.63, 3.8) is 0 Å².